The summed E-state index contributed by atoms with van der Waals surface area (Å²) in [7, 11) is 0. The van der Waals surface area contributed by atoms with E-state index >= 15 is 0 Å². The molecule has 11 nitrogen and oxygen atoms in total. The van der Waals surface area contributed by atoms with Crippen LogP contribution in [0.2, 0.25) is 5.02 Å². The molecule has 1 atom stereocenters. The molecule has 3 heterocycles. The van der Waals surface area contributed by atoms with Crippen LogP contribution in [0.25, 0.3) is 22.3 Å². The number of amides is 1. The van der Waals surface area contributed by atoms with E-state index < -0.39 is 11.7 Å². The topological polar surface area (TPSA) is 165 Å². The second-order valence-electron chi connectivity index (χ2n) is 8.89. The van der Waals surface area contributed by atoms with Crippen molar-refractivity contribution in [2.24, 2.45) is 0 Å². The van der Waals surface area contributed by atoms with Crippen LogP contribution in [0.1, 0.15) is 17.4 Å². The number of nitrogens with one attached hydrogen (secondary N) is 3. The molecule has 0 aliphatic heterocycles. The number of hydrogen-bond acceptors (Lipinski definition) is 8. The van der Waals surface area contributed by atoms with Crippen molar-refractivity contribution < 1.29 is 23.8 Å². The minimum absolute atomic E-state index is 0.0945. The third-order valence-electron chi connectivity index (χ3n) is 5.91. The van der Waals surface area contributed by atoms with E-state index in [0.29, 0.717) is 38.6 Å². The number of aliphatic hydroxyl groups excluding tert-OH is 1. The average molecular weight is 564 g/mol. The molecule has 0 bridgehead atoms. The molecule has 0 saturated heterocycles. The van der Waals surface area contributed by atoms with Crippen LogP contribution >= 0.6 is 11.6 Å². The Hall–Kier alpha value is -4.94. The van der Waals surface area contributed by atoms with Crippen molar-refractivity contribution in [1.29, 1.82) is 0 Å². The van der Waals surface area contributed by atoms with Crippen molar-refractivity contribution in [2.45, 2.75) is 13.0 Å². The summed E-state index contributed by atoms with van der Waals surface area (Å²) in [6.45, 7) is 1.70. The van der Waals surface area contributed by atoms with Crippen LogP contribution in [0.15, 0.2) is 66.9 Å². The lowest BCUT2D eigenvalue weighted by atomic mass is 10.1. The van der Waals surface area contributed by atoms with E-state index in [1.54, 1.807) is 31.3 Å². The molecule has 5 rings (SSSR count). The number of halogens is 2. The number of anilines is 3. The van der Waals surface area contributed by atoms with Gasteiger partial charge in [0.05, 0.1) is 11.6 Å². The number of H-pyrrole nitrogens is 1. The lowest BCUT2D eigenvalue weighted by Crippen LogP contribution is -2.39. The first kappa shape index (κ1) is 26.7. The molecular weight excluding hydrogens is 541 g/mol. The van der Waals surface area contributed by atoms with Crippen molar-refractivity contribution in [3.05, 3.63) is 88.6 Å². The monoisotopic (exact) mass is 563 g/mol. The fraction of sp³-hybridized carbons (Fsp3) is 0.111. The fourth-order valence-electron chi connectivity index (χ4n) is 3.95. The van der Waals surface area contributed by atoms with E-state index in [0.717, 1.165) is 0 Å². The molecule has 13 heteroatoms. The maximum atomic E-state index is 13.3. The number of ether oxygens (including phenoxy) is 1. The normalized spacial score (nSPS) is 11.8. The molecule has 1 amide bonds. The Labute approximate surface area is 232 Å². The lowest BCUT2D eigenvalue weighted by molar-refractivity contribution is -0.595. The van der Waals surface area contributed by atoms with Gasteiger partial charge in [0.2, 0.25) is 5.69 Å². The zero-order chi connectivity index (χ0) is 28.4. The first-order valence-corrected chi connectivity index (χ1v) is 12.4. The summed E-state index contributed by atoms with van der Waals surface area (Å²) in [5.74, 6) is -0.0357. The van der Waals surface area contributed by atoms with Gasteiger partial charge >= 0.3 is 5.91 Å². The molecule has 3 aromatic heterocycles. The molecule has 0 saturated carbocycles. The summed E-state index contributed by atoms with van der Waals surface area (Å²) < 4.78 is 19.8. The van der Waals surface area contributed by atoms with Gasteiger partial charge in [-0.15, -0.1) is 0 Å². The standard InChI is InChI=1S/C27H23ClFN7O4/c1-14(13-37)32-26-24-23(8-9-31-25(24)34-35-26)40-22-7-6-18(12-19(22)28)33-27(38)21-11-17(30)10-20(36(21)39)15-2-4-16(29)5-3-15/h2-12,14,37H,13,30H2,1H3,(H,33,38)(H2,31,32,34,35)/t14-/m1/s1. The van der Waals surface area contributed by atoms with Gasteiger partial charge in [0.1, 0.15) is 22.7 Å². The fourth-order valence-corrected chi connectivity index (χ4v) is 4.17. The van der Waals surface area contributed by atoms with Gasteiger partial charge < -0.3 is 31.4 Å². The van der Waals surface area contributed by atoms with Gasteiger partial charge in [-0.05, 0) is 49.4 Å². The van der Waals surface area contributed by atoms with Crippen LogP contribution in [-0.2, 0) is 0 Å². The van der Waals surface area contributed by atoms with Gasteiger partial charge in [-0.3, -0.25) is 9.89 Å². The van der Waals surface area contributed by atoms with Crippen LogP contribution in [0.3, 0.4) is 0 Å². The number of carbonyl (C=O) groups is 1. The Balaban J connectivity index is 1.38. The van der Waals surface area contributed by atoms with Crippen molar-refractivity contribution in [3.63, 3.8) is 0 Å². The highest BCUT2D eigenvalue weighted by Crippen LogP contribution is 2.37. The number of nitrogens with two attached hydrogens (primary N) is 1. The van der Waals surface area contributed by atoms with E-state index in [9.17, 15) is 19.5 Å². The average Bonchev–Trinajstić information content (AvgIpc) is 3.35. The molecule has 6 N–H and O–H groups in total. The molecule has 0 spiro atoms. The van der Waals surface area contributed by atoms with Crippen LogP contribution in [0.5, 0.6) is 11.5 Å². The van der Waals surface area contributed by atoms with Crippen molar-refractivity contribution in [3.8, 4) is 22.8 Å². The predicted octanol–water partition coefficient (Wildman–Crippen LogP) is 4.47. The molecular formula is C27H23ClFN7O4. The number of carbonyl (C=O) groups excluding carboxylic acids is 1. The van der Waals surface area contributed by atoms with E-state index in [2.05, 4.69) is 25.8 Å². The number of benzene rings is 2. The summed E-state index contributed by atoms with van der Waals surface area (Å²) >= 11 is 6.47. The Morgan fingerprint density at radius 2 is 1.98 bits per heavy atom. The number of aromatic amines is 1. The Bertz CT molecular complexity index is 1710. The third-order valence-corrected chi connectivity index (χ3v) is 6.20. The van der Waals surface area contributed by atoms with Gasteiger partial charge in [-0.25, -0.2) is 9.37 Å². The van der Waals surface area contributed by atoms with Crippen molar-refractivity contribution in [2.75, 3.05) is 23.0 Å². The van der Waals surface area contributed by atoms with Crippen molar-refractivity contribution >= 4 is 45.7 Å². The summed E-state index contributed by atoms with van der Waals surface area (Å²) in [5, 5.41) is 35.8. The van der Waals surface area contributed by atoms with Gasteiger partial charge in [0.15, 0.2) is 11.5 Å². The minimum atomic E-state index is -0.724. The number of nitrogen functional groups attached to an aromatic ring is 1. The highest BCUT2D eigenvalue weighted by Gasteiger charge is 2.23. The predicted molar refractivity (Wildman–Crippen MR) is 149 cm³/mol. The smallest absolute Gasteiger partial charge is 0.321 e. The summed E-state index contributed by atoms with van der Waals surface area (Å²) in [5.41, 5.74) is 7.14. The van der Waals surface area contributed by atoms with E-state index in [-0.39, 0.29) is 40.5 Å². The molecule has 204 valence electrons. The number of rotatable bonds is 8. The highest BCUT2D eigenvalue weighted by molar-refractivity contribution is 6.32. The number of nitrogens with zero attached hydrogens (tertiary/aromatic N) is 3. The molecule has 5 aromatic rings. The number of pyridine rings is 2. The van der Waals surface area contributed by atoms with E-state index in [1.165, 1.54) is 42.5 Å². The van der Waals surface area contributed by atoms with Crippen LogP contribution in [0, 0.1) is 11.0 Å². The molecule has 0 aliphatic rings. The molecule has 0 fully saturated rings. The third kappa shape index (κ3) is 5.44. The quantitative estimate of drug-likeness (QED) is 0.136. The minimum Gasteiger partial charge on any atom is -0.618 e. The Morgan fingerprint density at radius 3 is 2.70 bits per heavy atom. The van der Waals surface area contributed by atoms with Crippen molar-refractivity contribution in [1.82, 2.24) is 15.2 Å². The Morgan fingerprint density at radius 1 is 1.20 bits per heavy atom. The van der Waals surface area contributed by atoms with Crippen LogP contribution < -0.4 is 25.8 Å². The summed E-state index contributed by atoms with van der Waals surface area (Å²) in [4.78, 5) is 17.3. The first-order valence-electron chi connectivity index (χ1n) is 12.0. The maximum absolute atomic E-state index is 13.3. The molecule has 0 radical (unpaired) electrons. The van der Waals surface area contributed by atoms with Gasteiger partial charge in [0, 0.05) is 47.4 Å². The maximum Gasteiger partial charge on any atom is 0.321 e. The lowest BCUT2D eigenvalue weighted by Gasteiger charge is -2.13. The van der Waals surface area contributed by atoms with Gasteiger partial charge in [-0.1, -0.05) is 11.6 Å². The molecule has 40 heavy (non-hydrogen) atoms. The summed E-state index contributed by atoms with van der Waals surface area (Å²) in [6.07, 6.45) is 1.54. The van der Waals surface area contributed by atoms with Crippen LogP contribution in [-0.4, -0.2) is 38.8 Å². The highest BCUT2D eigenvalue weighted by atomic mass is 35.5. The summed E-state index contributed by atoms with van der Waals surface area (Å²) in [6, 6.07) is 13.9. The van der Waals surface area contributed by atoms with E-state index in [4.69, 9.17) is 22.1 Å². The van der Waals surface area contributed by atoms with Crippen LogP contribution in [0.4, 0.5) is 21.6 Å². The second-order valence-corrected chi connectivity index (χ2v) is 9.30. The number of aliphatic hydroxyl groups is 1. The zero-order valence-electron chi connectivity index (χ0n) is 21.0. The molecule has 0 aliphatic carbocycles. The van der Waals surface area contributed by atoms with Gasteiger partial charge in [-0.2, -0.15) is 9.83 Å². The van der Waals surface area contributed by atoms with Gasteiger partial charge in [0.25, 0.3) is 5.69 Å². The number of fused-ring (bicyclic) bond motifs is 1. The molecule has 2 aromatic carbocycles. The second kappa shape index (κ2) is 11.0. The number of hydrogen-bond donors (Lipinski definition) is 5. The van der Waals surface area contributed by atoms with E-state index in [1.807, 2.05) is 0 Å². The molecule has 0 unspecified atom stereocenters. The largest absolute Gasteiger partial charge is 0.618 e. The number of aromatic nitrogens is 4. The SMILES string of the molecule is C[C@H](CO)Nc1n[nH]c2nccc(Oc3ccc(NC(=O)c4cc(N)cc(-c5ccc(F)cc5)[n+]4[O-])cc3Cl)c12. The Kier molecular flexibility index (Phi) is 7.36. The zero-order valence-corrected chi connectivity index (χ0v) is 21.7. The first-order chi connectivity index (χ1) is 19.2.